The average Bonchev–Trinajstić information content (AvgIpc) is 3.35. The zero-order valence-corrected chi connectivity index (χ0v) is 20.4. The number of rotatable bonds is 9. The first-order valence-corrected chi connectivity index (χ1v) is 12.4. The van der Waals surface area contributed by atoms with Crippen molar-refractivity contribution in [1.29, 1.82) is 0 Å². The van der Waals surface area contributed by atoms with E-state index in [0.29, 0.717) is 32.5 Å². The highest BCUT2D eigenvalue weighted by atomic mass is 16.5. The molecule has 1 saturated heterocycles. The molecule has 1 aliphatic carbocycles. The summed E-state index contributed by atoms with van der Waals surface area (Å²) in [5.74, 6) is -0.424. The van der Waals surface area contributed by atoms with Crippen molar-refractivity contribution >= 4 is 18.0 Å². The molecule has 2 aromatic rings. The fraction of sp³-hybridized carbons (Fsp3) is 0.464. The molecule has 2 amide bonds. The van der Waals surface area contributed by atoms with E-state index in [0.717, 1.165) is 0 Å². The van der Waals surface area contributed by atoms with Crippen LogP contribution in [0.5, 0.6) is 0 Å². The second kappa shape index (κ2) is 10.9. The van der Waals surface area contributed by atoms with Crippen molar-refractivity contribution < 1.29 is 24.2 Å². The molecule has 0 aromatic heterocycles. The zero-order chi connectivity index (χ0) is 24.9. The Morgan fingerprint density at radius 3 is 2.31 bits per heavy atom. The Kier molecular flexibility index (Phi) is 7.73. The predicted octanol–water partition coefficient (Wildman–Crippen LogP) is 4.51. The van der Waals surface area contributed by atoms with Crippen molar-refractivity contribution in [1.82, 2.24) is 10.2 Å². The number of nitrogens with one attached hydrogen (secondary N) is 1. The van der Waals surface area contributed by atoms with E-state index in [-0.39, 0.29) is 42.6 Å². The van der Waals surface area contributed by atoms with Gasteiger partial charge in [0.1, 0.15) is 6.61 Å². The summed E-state index contributed by atoms with van der Waals surface area (Å²) in [6, 6.07) is 16.4. The molecule has 1 unspecified atom stereocenters. The molecule has 35 heavy (non-hydrogen) atoms. The summed E-state index contributed by atoms with van der Waals surface area (Å²) in [7, 11) is 0. The predicted molar refractivity (Wildman–Crippen MR) is 133 cm³/mol. The number of benzene rings is 2. The molecule has 1 heterocycles. The lowest BCUT2D eigenvalue weighted by Crippen LogP contribution is -2.32. The number of likely N-dealkylation sites (tertiary alicyclic amines) is 1. The number of amides is 2. The quantitative estimate of drug-likeness (QED) is 0.553. The van der Waals surface area contributed by atoms with Crippen molar-refractivity contribution in [3.05, 3.63) is 59.7 Å². The Balaban J connectivity index is 1.19. The number of nitrogens with zero attached hydrogens (tertiary/aromatic N) is 1. The summed E-state index contributed by atoms with van der Waals surface area (Å²) in [6.07, 6.45) is 0.705. The topological polar surface area (TPSA) is 95.9 Å². The lowest BCUT2D eigenvalue weighted by molar-refractivity contribution is -0.138. The van der Waals surface area contributed by atoms with Crippen LogP contribution in [0.15, 0.2) is 48.5 Å². The van der Waals surface area contributed by atoms with Gasteiger partial charge in [-0.25, -0.2) is 4.79 Å². The van der Waals surface area contributed by atoms with E-state index >= 15 is 0 Å². The lowest BCUT2D eigenvalue weighted by atomic mass is 9.95. The molecule has 0 radical (unpaired) electrons. The molecule has 1 fully saturated rings. The summed E-state index contributed by atoms with van der Waals surface area (Å²) in [6.45, 7) is 5.83. The number of alkyl carbamates (subject to hydrolysis) is 1. The van der Waals surface area contributed by atoms with Crippen molar-refractivity contribution in [2.75, 3.05) is 26.2 Å². The molecular weight excluding hydrogens is 444 g/mol. The van der Waals surface area contributed by atoms with Crippen molar-refractivity contribution in [2.24, 2.45) is 17.8 Å². The van der Waals surface area contributed by atoms with Gasteiger partial charge in [0.25, 0.3) is 0 Å². The van der Waals surface area contributed by atoms with Gasteiger partial charge < -0.3 is 20.1 Å². The molecule has 1 aliphatic heterocycles. The summed E-state index contributed by atoms with van der Waals surface area (Å²) < 4.78 is 5.57. The van der Waals surface area contributed by atoms with Crippen LogP contribution in [0.25, 0.3) is 11.1 Å². The highest BCUT2D eigenvalue weighted by Crippen LogP contribution is 2.44. The summed E-state index contributed by atoms with van der Waals surface area (Å²) in [4.78, 5) is 37.8. The first-order valence-electron chi connectivity index (χ1n) is 12.4. The van der Waals surface area contributed by atoms with Crippen molar-refractivity contribution in [3.8, 4) is 11.1 Å². The Morgan fingerprint density at radius 1 is 1.06 bits per heavy atom. The Bertz CT molecular complexity index is 1040. The van der Waals surface area contributed by atoms with Gasteiger partial charge in [0.2, 0.25) is 5.91 Å². The third-order valence-electron chi connectivity index (χ3n) is 7.33. The van der Waals surface area contributed by atoms with E-state index in [9.17, 15) is 14.4 Å². The minimum Gasteiger partial charge on any atom is -0.481 e. The Labute approximate surface area is 206 Å². The van der Waals surface area contributed by atoms with Gasteiger partial charge in [0.05, 0.1) is 6.42 Å². The van der Waals surface area contributed by atoms with Gasteiger partial charge >= 0.3 is 12.1 Å². The van der Waals surface area contributed by atoms with Gasteiger partial charge in [-0.15, -0.1) is 0 Å². The van der Waals surface area contributed by atoms with Crippen LogP contribution in [0.3, 0.4) is 0 Å². The number of carboxylic acids is 1. The molecule has 0 spiro atoms. The SMILES string of the molecule is CC(CCNC(=O)OCC1c2ccccc2-c2ccccc21)CC(=O)N1C[C@@H](CC(=O)O)[C@H](C)C1. The first-order chi connectivity index (χ1) is 16.8. The number of carbonyl (C=O) groups excluding carboxylic acids is 2. The van der Waals surface area contributed by atoms with Crippen LogP contribution in [0.2, 0.25) is 0 Å². The third-order valence-corrected chi connectivity index (χ3v) is 7.33. The van der Waals surface area contributed by atoms with Crippen LogP contribution in [0.1, 0.15) is 50.2 Å². The number of carboxylic acid groups (broad SMARTS) is 1. The highest BCUT2D eigenvalue weighted by Gasteiger charge is 2.34. The molecule has 186 valence electrons. The van der Waals surface area contributed by atoms with E-state index in [1.807, 2.05) is 38.1 Å². The maximum atomic E-state index is 12.6. The second-order valence-electron chi connectivity index (χ2n) is 9.98. The van der Waals surface area contributed by atoms with E-state index in [2.05, 4.69) is 29.6 Å². The van der Waals surface area contributed by atoms with Gasteiger partial charge in [-0.1, -0.05) is 62.4 Å². The normalized spacial score (nSPS) is 19.7. The average molecular weight is 479 g/mol. The van der Waals surface area contributed by atoms with E-state index in [1.54, 1.807) is 4.90 Å². The molecule has 7 heteroatoms. The minimum atomic E-state index is -0.816. The standard InChI is InChI=1S/C28H34N2O5/c1-18(13-26(31)30-15-19(2)20(16-30)14-27(32)33)11-12-29-28(34)35-17-25-23-9-5-3-7-21(23)22-8-4-6-10-24(22)25/h3-10,18-20,25H,11-17H2,1-2H3,(H,29,34)(H,32,33)/t18?,19-,20-/m1/s1. The zero-order valence-electron chi connectivity index (χ0n) is 20.4. The monoisotopic (exact) mass is 478 g/mol. The molecule has 2 N–H and O–H groups in total. The summed E-state index contributed by atoms with van der Waals surface area (Å²) >= 11 is 0. The van der Waals surface area contributed by atoms with Crippen LogP contribution in [-0.2, 0) is 14.3 Å². The minimum absolute atomic E-state index is 0.0157. The van der Waals surface area contributed by atoms with Gasteiger partial charge in [-0.3, -0.25) is 9.59 Å². The highest BCUT2D eigenvalue weighted by molar-refractivity contribution is 5.79. The molecule has 4 rings (SSSR count). The van der Waals surface area contributed by atoms with Gasteiger partial charge in [-0.05, 0) is 46.4 Å². The number of fused-ring (bicyclic) bond motifs is 3. The largest absolute Gasteiger partial charge is 0.481 e. The molecular formula is C28H34N2O5. The molecule has 0 bridgehead atoms. The van der Waals surface area contributed by atoms with Crippen LogP contribution >= 0.6 is 0 Å². The lowest BCUT2D eigenvalue weighted by Gasteiger charge is -2.19. The van der Waals surface area contributed by atoms with Crippen LogP contribution in [0, 0.1) is 17.8 Å². The smallest absolute Gasteiger partial charge is 0.407 e. The first kappa shape index (κ1) is 24.8. The van der Waals surface area contributed by atoms with Gasteiger partial charge in [-0.2, -0.15) is 0 Å². The maximum absolute atomic E-state index is 12.6. The molecule has 7 nitrogen and oxygen atoms in total. The van der Waals surface area contributed by atoms with E-state index in [1.165, 1.54) is 22.3 Å². The van der Waals surface area contributed by atoms with Crippen molar-refractivity contribution in [2.45, 2.75) is 39.0 Å². The Hall–Kier alpha value is -3.35. The fourth-order valence-corrected chi connectivity index (χ4v) is 5.33. The summed E-state index contributed by atoms with van der Waals surface area (Å²) in [5.41, 5.74) is 4.74. The number of hydrogen-bond acceptors (Lipinski definition) is 4. The second-order valence-corrected chi connectivity index (χ2v) is 9.98. The number of aliphatic carboxylic acids is 1. The van der Waals surface area contributed by atoms with Crippen LogP contribution in [0.4, 0.5) is 4.79 Å². The van der Waals surface area contributed by atoms with E-state index < -0.39 is 12.1 Å². The number of hydrogen-bond donors (Lipinski definition) is 2. The fourth-order valence-electron chi connectivity index (χ4n) is 5.33. The molecule has 2 aromatic carbocycles. The van der Waals surface area contributed by atoms with E-state index in [4.69, 9.17) is 9.84 Å². The van der Waals surface area contributed by atoms with Gasteiger partial charge in [0.15, 0.2) is 0 Å². The van der Waals surface area contributed by atoms with Gasteiger partial charge in [0, 0.05) is 32.0 Å². The number of carbonyl (C=O) groups is 3. The molecule has 2 aliphatic rings. The van der Waals surface area contributed by atoms with Crippen LogP contribution in [-0.4, -0.2) is 54.2 Å². The Morgan fingerprint density at radius 2 is 1.69 bits per heavy atom. The maximum Gasteiger partial charge on any atom is 0.407 e. The summed E-state index contributed by atoms with van der Waals surface area (Å²) in [5, 5.41) is 11.9. The molecule has 0 saturated carbocycles. The molecule has 3 atom stereocenters. The van der Waals surface area contributed by atoms with Crippen LogP contribution < -0.4 is 5.32 Å². The van der Waals surface area contributed by atoms with Crippen molar-refractivity contribution in [3.63, 3.8) is 0 Å². The third kappa shape index (κ3) is 5.84. The number of ether oxygens (including phenoxy) is 1.